The predicted octanol–water partition coefficient (Wildman–Crippen LogP) is 2.82. The smallest absolute Gasteiger partial charge is 0.221 e. The molecule has 2 atom stereocenters. The molecule has 0 aromatic heterocycles. The summed E-state index contributed by atoms with van der Waals surface area (Å²) < 4.78 is 5.41. The molecule has 0 aliphatic carbocycles. The minimum Gasteiger partial charge on any atom is -0.378 e. The van der Waals surface area contributed by atoms with Gasteiger partial charge in [-0.05, 0) is 43.6 Å². The second kappa shape index (κ2) is 12.0. The lowest BCUT2D eigenvalue weighted by atomic mass is 10.1. The number of nitrogens with zero attached hydrogens (tertiary/aromatic N) is 1. The Kier molecular flexibility index (Phi) is 10.8. The van der Waals surface area contributed by atoms with Crippen molar-refractivity contribution < 1.29 is 9.53 Å². The molecule has 0 radical (unpaired) electrons. The number of carbonyl (C=O) groups is 1. The third-order valence-corrected chi connectivity index (χ3v) is 4.97. The van der Waals surface area contributed by atoms with E-state index >= 15 is 0 Å². The fourth-order valence-corrected chi connectivity index (χ4v) is 3.68. The van der Waals surface area contributed by atoms with Gasteiger partial charge in [0, 0.05) is 30.6 Å². The minimum absolute atomic E-state index is 0. The lowest BCUT2D eigenvalue weighted by molar-refractivity contribution is -0.122. The van der Waals surface area contributed by atoms with E-state index in [2.05, 4.69) is 21.6 Å². The van der Waals surface area contributed by atoms with E-state index in [4.69, 9.17) is 16.3 Å². The number of halogens is 3. The van der Waals surface area contributed by atoms with Crippen LogP contribution in [0.1, 0.15) is 30.9 Å². The first-order chi connectivity index (χ1) is 11.7. The van der Waals surface area contributed by atoms with Gasteiger partial charge in [0.05, 0.1) is 19.3 Å². The number of benzene rings is 1. The van der Waals surface area contributed by atoms with Gasteiger partial charge in [-0.3, -0.25) is 9.69 Å². The van der Waals surface area contributed by atoms with E-state index in [0.717, 1.165) is 31.3 Å². The fraction of sp³-hybridized carbons (Fsp3) is 0.611. The zero-order valence-electron chi connectivity index (χ0n) is 14.8. The average molecular weight is 425 g/mol. The molecule has 0 bridgehead atoms. The van der Waals surface area contributed by atoms with Crippen LogP contribution in [0.15, 0.2) is 24.3 Å². The summed E-state index contributed by atoms with van der Waals surface area (Å²) in [6.45, 7) is 4.92. The largest absolute Gasteiger partial charge is 0.378 e. The van der Waals surface area contributed by atoms with Crippen LogP contribution in [-0.4, -0.2) is 56.2 Å². The minimum atomic E-state index is 0. The molecule has 2 aliphatic heterocycles. The Morgan fingerprint density at radius 1 is 1.35 bits per heavy atom. The van der Waals surface area contributed by atoms with E-state index in [-0.39, 0.29) is 42.8 Å². The zero-order chi connectivity index (χ0) is 16.8. The van der Waals surface area contributed by atoms with Crippen LogP contribution in [0.2, 0.25) is 5.02 Å². The molecule has 26 heavy (non-hydrogen) atoms. The van der Waals surface area contributed by atoms with Crippen molar-refractivity contribution in [2.75, 3.05) is 39.4 Å². The van der Waals surface area contributed by atoms with Gasteiger partial charge in [0.1, 0.15) is 0 Å². The molecule has 8 heteroatoms. The molecule has 2 saturated heterocycles. The van der Waals surface area contributed by atoms with Gasteiger partial charge in [-0.25, -0.2) is 0 Å². The zero-order valence-corrected chi connectivity index (χ0v) is 17.2. The molecule has 2 N–H and O–H groups in total. The summed E-state index contributed by atoms with van der Waals surface area (Å²) in [4.78, 5) is 14.7. The van der Waals surface area contributed by atoms with E-state index in [9.17, 15) is 4.79 Å². The lowest BCUT2D eigenvalue weighted by Gasteiger charge is -2.29. The number of rotatable bonds is 6. The summed E-state index contributed by atoms with van der Waals surface area (Å²) in [5.74, 6) is 0.0734. The summed E-state index contributed by atoms with van der Waals surface area (Å²) in [5, 5.41) is 7.17. The normalized spacial score (nSPS) is 21.3. The van der Waals surface area contributed by atoms with E-state index in [1.54, 1.807) is 0 Å². The van der Waals surface area contributed by atoms with Crippen LogP contribution in [0.4, 0.5) is 0 Å². The standard InChI is InChI=1S/C18H26ClN3O2.2ClH/c19-15-5-3-4-14(10-15)17(22-7-1-2-8-22)12-21-18(23)11-16-13-24-9-6-20-16;;/h3-5,10,16-17,20H,1-2,6-9,11-13H2,(H,21,23);2*1H. The number of carbonyl (C=O) groups excluding carboxylic acids is 1. The highest BCUT2D eigenvalue weighted by Crippen LogP contribution is 2.26. The highest BCUT2D eigenvalue weighted by Gasteiger charge is 2.25. The second-order valence-corrected chi connectivity index (χ2v) is 6.98. The van der Waals surface area contributed by atoms with E-state index in [1.807, 2.05) is 18.2 Å². The quantitative estimate of drug-likeness (QED) is 0.737. The molecule has 5 nitrogen and oxygen atoms in total. The molecular formula is C18H28Cl3N3O2. The molecule has 2 heterocycles. The molecule has 2 fully saturated rings. The molecule has 1 aromatic carbocycles. The van der Waals surface area contributed by atoms with Gasteiger partial charge in [-0.2, -0.15) is 0 Å². The second-order valence-electron chi connectivity index (χ2n) is 6.55. The van der Waals surface area contributed by atoms with Gasteiger partial charge in [0.15, 0.2) is 0 Å². The Labute approximate surface area is 173 Å². The van der Waals surface area contributed by atoms with Crippen LogP contribution in [0.5, 0.6) is 0 Å². The molecule has 2 aliphatic rings. The van der Waals surface area contributed by atoms with Crippen LogP contribution >= 0.6 is 36.4 Å². The maximum absolute atomic E-state index is 12.3. The number of hydrogen-bond donors (Lipinski definition) is 2. The van der Waals surface area contributed by atoms with Crippen molar-refractivity contribution in [1.82, 2.24) is 15.5 Å². The van der Waals surface area contributed by atoms with Crippen LogP contribution in [-0.2, 0) is 9.53 Å². The summed E-state index contributed by atoms with van der Waals surface area (Å²) in [5.41, 5.74) is 1.17. The van der Waals surface area contributed by atoms with Crippen molar-refractivity contribution in [1.29, 1.82) is 0 Å². The highest BCUT2D eigenvalue weighted by atomic mass is 35.5. The highest BCUT2D eigenvalue weighted by molar-refractivity contribution is 6.30. The number of hydrogen-bond acceptors (Lipinski definition) is 4. The third-order valence-electron chi connectivity index (χ3n) is 4.74. The number of ether oxygens (including phenoxy) is 1. The molecule has 0 spiro atoms. The Morgan fingerprint density at radius 2 is 2.12 bits per heavy atom. The van der Waals surface area contributed by atoms with Crippen molar-refractivity contribution >= 4 is 42.3 Å². The van der Waals surface area contributed by atoms with E-state index in [0.29, 0.717) is 19.6 Å². The van der Waals surface area contributed by atoms with Crippen molar-refractivity contribution in [2.24, 2.45) is 0 Å². The molecular weight excluding hydrogens is 397 g/mol. The fourth-order valence-electron chi connectivity index (χ4n) is 3.48. The first-order valence-electron chi connectivity index (χ1n) is 8.80. The average Bonchev–Trinajstić information content (AvgIpc) is 3.10. The first-order valence-corrected chi connectivity index (χ1v) is 9.17. The summed E-state index contributed by atoms with van der Waals surface area (Å²) in [6, 6.07) is 8.27. The summed E-state index contributed by atoms with van der Waals surface area (Å²) in [6.07, 6.45) is 2.89. The van der Waals surface area contributed by atoms with Crippen molar-refractivity contribution in [3.05, 3.63) is 34.9 Å². The Hall–Kier alpha value is -0.560. The first kappa shape index (κ1) is 23.5. The SMILES string of the molecule is Cl.Cl.O=C(CC1COCCN1)NCC(c1cccc(Cl)c1)N1CCCC1. The van der Waals surface area contributed by atoms with Crippen molar-refractivity contribution in [3.8, 4) is 0 Å². The van der Waals surface area contributed by atoms with Crippen molar-refractivity contribution in [2.45, 2.75) is 31.3 Å². The topological polar surface area (TPSA) is 53.6 Å². The summed E-state index contributed by atoms with van der Waals surface area (Å²) in [7, 11) is 0. The molecule has 1 aromatic rings. The number of nitrogens with one attached hydrogen (secondary N) is 2. The predicted molar refractivity (Wildman–Crippen MR) is 110 cm³/mol. The Bertz CT molecular complexity index is 550. The monoisotopic (exact) mass is 423 g/mol. The van der Waals surface area contributed by atoms with E-state index < -0.39 is 0 Å². The molecule has 3 rings (SSSR count). The maximum Gasteiger partial charge on any atom is 0.221 e. The summed E-state index contributed by atoms with van der Waals surface area (Å²) >= 11 is 6.16. The van der Waals surface area contributed by atoms with Gasteiger partial charge in [0.25, 0.3) is 0 Å². The van der Waals surface area contributed by atoms with Crippen LogP contribution in [0, 0.1) is 0 Å². The molecule has 1 amide bonds. The van der Waals surface area contributed by atoms with Gasteiger partial charge in [-0.1, -0.05) is 23.7 Å². The molecule has 2 unspecified atom stereocenters. The number of amides is 1. The Morgan fingerprint density at radius 3 is 2.77 bits per heavy atom. The lowest BCUT2D eigenvalue weighted by Crippen LogP contribution is -2.45. The van der Waals surface area contributed by atoms with Crippen LogP contribution in [0.3, 0.4) is 0 Å². The number of morpholine rings is 1. The van der Waals surface area contributed by atoms with Crippen LogP contribution < -0.4 is 10.6 Å². The Balaban J connectivity index is 0.00000169. The van der Waals surface area contributed by atoms with E-state index in [1.165, 1.54) is 18.4 Å². The molecule has 148 valence electrons. The van der Waals surface area contributed by atoms with Gasteiger partial charge >= 0.3 is 0 Å². The van der Waals surface area contributed by atoms with Gasteiger partial charge in [-0.15, -0.1) is 24.8 Å². The molecule has 0 saturated carbocycles. The van der Waals surface area contributed by atoms with Gasteiger partial charge in [0.2, 0.25) is 5.91 Å². The maximum atomic E-state index is 12.3. The third kappa shape index (κ3) is 6.87. The van der Waals surface area contributed by atoms with Crippen LogP contribution in [0.25, 0.3) is 0 Å². The number of likely N-dealkylation sites (tertiary alicyclic amines) is 1. The van der Waals surface area contributed by atoms with Crippen molar-refractivity contribution in [3.63, 3.8) is 0 Å². The van der Waals surface area contributed by atoms with Gasteiger partial charge < -0.3 is 15.4 Å².